The van der Waals surface area contributed by atoms with Gasteiger partial charge < -0.3 is 4.74 Å². The molecule has 0 bridgehead atoms. The van der Waals surface area contributed by atoms with Crippen molar-refractivity contribution in [2.75, 3.05) is 6.61 Å². The van der Waals surface area contributed by atoms with E-state index in [1.165, 1.54) is 49.7 Å². The first-order chi connectivity index (χ1) is 9.69. The number of alkyl halides is 1. The second-order valence-corrected chi connectivity index (χ2v) is 7.54. The molecule has 0 aromatic heterocycles. The van der Waals surface area contributed by atoms with E-state index in [9.17, 15) is 0 Å². The SMILES string of the molecule is CC1(C(Br)c2ccc(C3CCCCC3)cc2)CCCO1. The number of hydrogen-bond donors (Lipinski definition) is 0. The second-order valence-electron chi connectivity index (χ2n) is 6.63. The lowest BCUT2D eigenvalue weighted by molar-refractivity contribution is 0.0197. The molecule has 0 spiro atoms. The van der Waals surface area contributed by atoms with Gasteiger partial charge in [-0.25, -0.2) is 0 Å². The van der Waals surface area contributed by atoms with Crippen molar-refractivity contribution in [3.63, 3.8) is 0 Å². The smallest absolute Gasteiger partial charge is 0.0820 e. The molecule has 0 N–H and O–H groups in total. The third-order valence-electron chi connectivity index (χ3n) is 5.09. The van der Waals surface area contributed by atoms with Gasteiger partial charge in [-0.1, -0.05) is 59.5 Å². The zero-order valence-corrected chi connectivity index (χ0v) is 14.0. The fourth-order valence-corrected chi connectivity index (χ4v) is 4.39. The van der Waals surface area contributed by atoms with E-state index in [4.69, 9.17) is 4.74 Å². The van der Waals surface area contributed by atoms with Gasteiger partial charge >= 0.3 is 0 Å². The van der Waals surface area contributed by atoms with Crippen LogP contribution in [0.3, 0.4) is 0 Å². The van der Waals surface area contributed by atoms with Crippen LogP contribution in [0.15, 0.2) is 24.3 Å². The van der Waals surface area contributed by atoms with Gasteiger partial charge in [0.2, 0.25) is 0 Å². The zero-order chi connectivity index (χ0) is 14.0. The van der Waals surface area contributed by atoms with Crippen LogP contribution in [-0.4, -0.2) is 12.2 Å². The minimum absolute atomic E-state index is 0.0354. The maximum atomic E-state index is 5.96. The summed E-state index contributed by atoms with van der Waals surface area (Å²) in [5.74, 6) is 0.796. The summed E-state index contributed by atoms with van der Waals surface area (Å²) in [4.78, 5) is 0.304. The molecule has 1 saturated carbocycles. The molecule has 110 valence electrons. The maximum Gasteiger partial charge on any atom is 0.0820 e. The van der Waals surface area contributed by atoms with E-state index in [0.717, 1.165) is 18.9 Å². The lowest BCUT2D eigenvalue weighted by atomic mass is 9.83. The van der Waals surface area contributed by atoms with E-state index < -0.39 is 0 Å². The van der Waals surface area contributed by atoms with Crippen molar-refractivity contribution in [2.45, 2.75) is 68.2 Å². The van der Waals surface area contributed by atoms with Crippen molar-refractivity contribution in [3.8, 4) is 0 Å². The van der Waals surface area contributed by atoms with Crippen molar-refractivity contribution in [2.24, 2.45) is 0 Å². The fraction of sp³-hybridized carbons (Fsp3) is 0.667. The Morgan fingerprint density at radius 1 is 1.10 bits per heavy atom. The van der Waals surface area contributed by atoms with Crippen molar-refractivity contribution < 1.29 is 4.74 Å². The van der Waals surface area contributed by atoms with Crippen LogP contribution in [0.5, 0.6) is 0 Å². The van der Waals surface area contributed by atoms with Gasteiger partial charge in [0.1, 0.15) is 0 Å². The molecular formula is C18H25BrO. The highest BCUT2D eigenvalue weighted by Gasteiger charge is 2.37. The average Bonchev–Trinajstić information content (AvgIpc) is 2.96. The molecular weight excluding hydrogens is 312 g/mol. The summed E-state index contributed by atoms with van der Waals surface area (Å²) in [5.41, 5.74) is 2.85. The number of hydrogen-bond acceptors (Lipinski definition) is 1. The number of benzene rings is 1. The first-order valence-corrected chi connectivity index (χ1v) is 8.98. The van der Waals surface area contributed by atoms with E-state index in [1.807, 2.05) is 0 Å². The van der Waals surface area contributed by atoms with Crippen LogP contribution in [0.4, 0.5) is 0 Å². The summed E-state index contributed by atoms with van der Waals surface area (Å²) in [7, 11) is 0. The Morgan fingerprint density at radius 3 is 2.40 bits per heavy atom. The molecule has 0 radical (unpaired) electrons. The first kappa shape index (κ1) is 14.6. The quantitative estimate of drug-likeness (QED) is 0.639. The van der Waals surface area contributed by atoms with Crippen LogP contribution in [-0.2, 0) is 4.74 Å². The van der Waals surface area contributed by atoms with Gasteiger partial charge in [0.25, 0.3) is 0 Å². The number of rotatable bonds is 3. The van der Waals surface area contributed by atoms with E-state index in [-0.39, 0.29) is 5.60 Å². The van der Waals surface area contributed by atoms with E-state index in [1.54, 1.807) is 0 Å². The van der Waals surface area contributed by atoms with Gasteiger partial charge in [0, 0.05) is 6.61 Å². The van der Waals surface area contributed by atoms with Gasteiger partial charge in [-0.05, 0) is 49.7 Å². The van der Waals surface area contributed by atoms with Crippen molar-refractivity contribution in [3.05, 3.63) is 35.4 Å². The molecule has 2 fully saturated rings. The standard InChI is InChI=1S/C18H25BrO/c1-18(12-5-13-20-18)17(19)16-10-8-15(9-11-16)14-6-3-2-4-7-14/h8-11,14,17H,2-7,12-13H2,1H3. The van der Waals surface area contributed by atoms with Crippen LogP contribution in [0, 0.1) is 0 Å². The lowest BCUT2D eigenvalue weighted by Gasteiger charge is -2.30. The van der Waals surface area contributed by atoms with Gasteiger partial charge in [0.15, 0.2) is 0 Å². The minimum atomic E-state index is -0.0354. The Balaban J connectivity index is 1.72. The molecule has 2 aliphatic rings. The molecule has 1 aromatic carbocycles. The van der Waals surface area contributed by atoms with E-state index in [0.29, 0.717) is 4.83 Å². The normalized spacial score (nSPS) is 29.5. The predicted molar refractivity (Wildman–Crippen MR) is 87.5 cm³/mol. The average molecular weight is 337 g/mol. The first-order valence-electron chi connectivity index (χ1n) is 8.07. The predicted octanol–water partition coefficient (Wildman–Crippen LogP) is 5.74. The largest absolute Gasteiger partial charge is 0.374 e. The topological polar surface area (TPSA) is 9.23 Å². The molecule has 1 saturated heterocycles. The van der Waals surface area contributed by atoms with Gasteiger partial charge in [-0.15, -0.1) is 0 Å². The molecule has 2 unspecified atom stereocenters. The summed E-state index contributed by atoms with van der Waals surface area (Å²) in [6.07, 6.45) is 9.30. The van der Waals surface area contributed by atoms with Crippen molar-refractivity contribution >= 4 is 15.9 Å². The number of ether oxygens (including phenoxy) is 1. The van der Waals surface area contributed by atoms with Gasteiger partial charge in [-0.3, -0.25) is 0 Å². The monoisotopic (exact) mass is 336 g/mol. The Labute approximate surface area is 131 Å². The highest BCUT2D eigenvalue weighted by atomic mass is 79.9. The molecule has 1 aliphatic carbocycles. The third kappa shape index (κ3) is 2.96. The summed E-state index contributed by atoms with van der Waals surface area (Å²) in [5, 5.41) is 0. The van der Waals surface area contributed by atoms with Crippen LogP contribution >= 0.6 is 15.9 Å². The molecule has 1 aromatic rings. The van der Waals surface area contributed by atoms with Crippen molar-refractivity contribution in [1.29, 1.82) is 0 Å². The molecule has 2 heteroatoms. The maximum absolute atomic E-state index is 5.96. The lowest BCUT2D eigenvalue weighted by Crippen LogP contribution is -2.28. The zero-order valence-electron chi connectivity index (χ0n) is 12.4. The van der Waals surface area contributed by atoms with Crippen LogP contribution < -0.4 is 0 Å². The Bertz CT molecular complexity index is 427. The molecule has 1 aliphatic heterocycles. The Hall–Kier alpha value is -0.340. The highest BCUT2D eigenvalue weighted by molar-refractivity contribution is 9.09. The van der Waals surface area contributed by atoms with E-state index >= 15 is 0 Å². The second kappa shape index (κ2) is 6.19. The molecule has 2 atom stereocenters. The van der Waals surface area contributed by atoms with Crippen LogP contribution in [0.25, 0.3) is 0 Å². The van der Waals surface area contributed by atoms with Gasteiger partial charge in [-0.2, -0.15) is 0 Å². The summed E-state index contributed by atoms with van der Waals surface area (Å²) in [6, 6.07) is 9.29. The molecule has 1 heterocycles. The summed E-state index contributed by atoms with van der Waals surface area (Å²) in [6.45, 7) is 3.13. The molecule has 3 rings (SSSR count). The van der Waals surface area contributed by atoms with E-state index in [2.05, 4.69) is 47.1 Å². The fourth-order valence-electron chi connectivity index (χ4n) is 3.73. The minimum Gasteiger partial charge on any atom is -0.374 e. The molecule has 20 heavy (non-hydrogen) atoms. The van der Waals surface area contributed by atoms with Gasteiger partial charge in [0.05, 0.1) is 10.4 Å². The summed E-state index contributed by atoms with van der Waals surface area (Å²) < 4.78 is 5.96. The summed E-state index contributed by atoms with van der Waals surface area (Å²) >= 11 is 3.86. The molecule has 1 nitrogen and oxygen atoms in total. The van der Waals surface area contributed by atoms with Crippen LogP contribution in [0.1, 0.15) is 73.7 Å². The van der Waals surface area contributed by atoms with Crippen LogP contribution in [0.2, 0.25) is 0 Å². The Morgan fingerprint density at radius 2 is 1.80 bits per heavy atom. The highest BCUT2D eigenvalue weighted by Crippen LogP contribution is 2.43. The Kier molecular flexibility index (Phi) is 4.52. The third-order valence-corrected chi connectivity index (χ3v) is 6.59. The molecule has 0 amide bonds. The van der Waals surface area contributed by atoms with Crippen molar-refractivity contribution in [1.82, 2.24) is 0 Å². The number of halogens is 1.